The van der Waals surface area contributed by atoms with E-state index in [1.807, 2.05) is 32.2 Å². The third-order valence-corrected chi connectivity index (χ3v) is 3.83. The summed E-state index contributed by atoms with van der Waals surface area (Å²) < 4.78 is 6.78. The first-order valence-corrected chi connectivity index (χ1v) is 8.55. The second-order valence-corrected chi connectivity index (χ2v) is 6.23. The van der Waals surface area contributed by atoms with Gasteiger partial charge in [0.05, 0.1) is 18.2 Å². The number of carbonyl (C=O) groups excluding carboxylic acids is 1. The molecule has 1 aromatic heterocycles. The Balaban J connectivity index is 2.22. The first kappa shape index (κ1) is 17.3. The van der Waals surface area contributed by atoms with Crippen molar-refractivity contribution in [3.05, 3.63) is 57.5 Å². The normalized spacial score (nSPS) is 10.8. The monoisotopic (exact) mass is 332 g/mol. The number of esters is 1. The van der Waals surface area contributed by atoms with E-state index >= 15 is 0 Å². The quantitative estimate of drug-likeness (QED) is 0.479. The van der Waals surface area contributed by atoms with Crippen LogP contribution in [0.2, 0.25) is 0 Å². The van der Waals surface area contributed by atoms with Gasteiger partial charge in [0, 0.05) is 11.8 Å². The van der Waals surface area contributed by atoms with Crippen LogP contribution in [0.1, 0.15) is 35.5 Å². The van der Waals surface area contributed by atoms with Gasteiger partial charge >= 0.3 is 5.97 Å². The Kier molecular flexibility index (Phi) is 5.60. The van der Waals surface area contributed by atoms with Crippen LogP contribution in [0.25, 0.3) is 0 Å². The molecule has 0 N–H and O–H groups in total. The summed E-state index contributed by atoms with van der Waals surface area (Å²) in [6, 6.07) is 8.60. The number of ether oxygens (including phenoxy) is 1. The summed E-state index contributed by atoms with van der Waals surface area (Å²) in [5, 5.41) is 0.679. The fraction of sp³-hybridized carbons (Fsp3) is 0.353. The maximum atomic E-state index is 12.2. The second kappa shape index (κ2) is 7.46. The number of aromatic nitrogens is 2. The first-order chi connectivity index (χ1) is 10.9. The standard InChI is InChI=1S/C17H20N2O3S/c1-11(2)22-16(21)14-7-5-13(6-8-14)10-19-15(20)9-12(3)18-17(19)23-4/h5-9,11H,10H2,1-4H3. The molecule has 2 aromatic rings. The highest BCUT2D eigenvalue weighted by Gasteiger charge is 2.10. The van der Waals surface area contributed by atoms with Crippen LogP contribution < -0.4 is 5.56 Å². The van der Waals surface area contributed by atoms with E-state index in [1.165, 1.54) is 17.8 Å². The van der Waals surface area contributed by atoms with Gasteiger partial charge < -0.3 is 4.74 Å². The van der Waals surface area contributed by atoms with E-state index in [2.05, 4.69) is 4.98 Å². The summed E-state index contributed by atoms with van der Waals surface area (Å²) in [6.45, 7) is 5.85. The molecule has 1 heterocycles. The van der Waals surface area contributed by atoms with E-state index in [0.717, 1.165) is 5.56 Å². The van der Waals surface area contributed by atoms with E-state index < -0.39 is 0 Å². The zero-order chi connectivity index (χ0) is 17.0. The first-order valence-electron chi connectivity index (χ1n) is 7.33. The van der Waals surface area contributed by atoms with Crippen LogP contribution in [0.5, 0.6) is 0 Å². The third-order valence-electron chi connectivity index (χ3n) is 3.16. The van der Waals surface area contributed by atoms with Crippen molar-refractivity contribution in [2.75, 3.05) is 6.26 Å². The maximum Gasteiger partial charge on any atom is 0.338 e. The van der Waals surface area contributed by atoms with Crippen molar-refractivity contribution < 1.29 is 9.53 Å². The molecule has 0 saturated carbocycles. The summed E-state index contributed by atoms with van der Waals surface area (Å²) in [7, 11) is 0. The molecule has 2 rings (SSSR count). The average molecular weight is 332 g/mol. The molecule has 0 amide bonds. The van der Waals surface area contributed by atoms with Crippen LogP contribution in [0.15, 0.2) is 40.3 Å². The van der Waals surface area contributed by atoms with E-state index in [-0.39, 0.29) is 17.6 Å². The fourth-order valence-electron chi connectivity index (χ4n) is 2.11. The molecular weight excluding hydrogens is 312 g/mol. The molecule has 0 aliphatic heterocycles. The van der Waals surface area contributed by atoms with Gasteiger partial charge in [0.15, 0.2) is 5.16 Å². The molecule has 5 nitrogen and oxygen atoms in total. The lowest BCUT2D eigenvalue weighted by Crippen LogP contribution is -2.23. The van der Waals surface area contributed by atoms with Crippen molar-refractivity contribution in [2.45, 2.75) is 38.6 Å². The van der Waals surface area contributed by atoms with Crippen LogP contribution in [0.3, 0.4) is 0 Å². The van der Waals surface area contributed by atoms with E-state index in [1.54, 1.807) is 23.6 Å². The number of hydrogen-bond acceptors (Lipinski definition) is 5. The predicted octanol–water partition coefficient (Wildman–Crippen LogP) is 2.89. The molecular formula is C17H20N2O3S. The number of benzene rings is 1. The number of hydrogen-bond donors (Lipinski definition) is 0. The van der Waals surface area contributed by atoms with E-state index in [9.17, 15) is 9.59 Å². The molecule has 0 bridgehead atoms. The third kappa shape index (κ3) is 4.45. The van der Waals surface area contributed by atoms with Gasteiger partial charge in [-0.25, -0.2) is 9.78 Å². The van der Waals surface area contributed by atoms with Crippen molar-refractivity contribution in [3.63, 3.8) is 0 Å². The number of nitrogens with zero attached hydrogens (tertiary/aromatic N) is 2. The van der Waals surface area contributed by atoms with E-state index in [0.29, 0.717) is 23.0 Å². The minimum atomic E-state index is -0.342. The lowest BCUT2D eigenvalue weighted by molar-refractivity contribution is 0.0378. The lowest BCUT2D eigenvalue weighted by Gasteiger charge is -2.11. The number of rotatable bonds is 5. The van der Waals surface area contributed by atoms with Crippen LogP contribution in [-0.4, -0.2) is 27.9 Å². The molecule has 0 unspecified atom stereocenters. The summed E-state index contributed by atoms with van der Waals surface area (Å²) in [5.74, 6) is -0.342. The Labute approximate surface area is 139 Å². The molecule has 0 atom stereocenters. The smallest absolute Gasteiger partial charge is 0.338 e. The Morgan fingerprint density at radius 3 is 2.52 bits per heavy atom. The Bertz CT molecular complexity index is 751. The van der Waals surface area contributed by atoms with Gasteiger partial charge in [-0.2, -0.15) is 0 Å². The highest BCUT2D eigenvalue weighted by Crippen LogP contribution is 2.13. The van der Waals surface area contributed by atoms with Gasteiger partial charge in [-0.05, 0) is 44.7 Å². The average Bonchev–Trinajstić information content (AvgIpc) is 2.49. The lowest BCUT2D eigenvalue weighted by atomic mass is 10.1. The van der Waals surface area contributed by atoms with E-state index in [4.69, 9.17) is 4.74 Å². The zero-order valence-electron chi connectivity index (χ0n) is 13.7. The highest BCUT2D eigenvalue weighted by atomic mass is 32.2. The van der Waals surface area contributed by atoms with Gasteiger partial charge in [-0.3, -0.25) is 9.36 Å². The molecule has 0 radical (unpaired) electrons. The van der Waals surface area contributed by atoms with Crippen molar-refractivity contribution in [2.24, 2.45) is 0 Å². The number of aryl methyl sites for hydroxylation is 1. The summed E-state index contributed by atoms with van der Waals surface area (Å²) in [4.78, 5) is 28.4. The van der Waals surface area contributed by atoms with Crippen molar-refractivity contribution in [1.29, 1.82) is 0 Å². The Morgan fingerprint density at radius 1 is 1.30 bits per heavy atom. The SMILES string of the molecule is CSc1nc(C)cc(=O)n1Cc1ccc(C(=O)OC(C)C)cc1. The zero-order valence-corrected chi connectivity index (χ0v) is 14.5. The minimum absolute atomic E-state index is 0.0786. The Hall–Kier alpha value is -2.08. The Morgan fingerprint density at radius 2 is 1.96 bits per heavy atom. The summed E-state index contributed by atoms with van der Waals surface area (Å²) in [6.07, 6.45) is 1.74. The predicted molar refractivity (Wildman–Crippen MR) is 91.1 cm³/mol. The molecule has 0 spiro atoms. The largest absolute Gasteiger partial charge is 0.459 e. The molecule has 0 aliphatic carbocycles. The fourth-order valence-corrected chi connectivity index (χ4v) is 2.72. The minimum Gasteiger partial charge on any atom is -0.459 e. The number of thioether (sulfide) groups is 1. The number of carbonyl (C=O) groups is 1. The molecule has 122 valence electrons. The van der Waals surface area contributed by atoms with Gasteiger partial charge in [-0.15, -0.1) is 0 Å². The van der Waals surface area contributed by atoms with Crippen molar-refractivity contribution in [3.8, 4) is 0 Å². The van der Waals surface area contributed by atoms with Crippen LogP contribution >= 0.6 is 11.8 Å². The van der Waals surface area contributed by atoms with Crippen LogP contribution in [0, 0.1) is 6.92 Å². The molecule has 0 saturated heterocycles. The second-order valence-electron chi connectivity index (χ2n) is 5.46. The molecule has 0 aliphatic rings. The molecule has 6 heteroatoms. The topological polar surface area (TPSA) is 61.2 Å². The van der Waals surface area contributed by atoms with Crippen molar-refractivity contribution in [1.82, 2.24) is 9.55 Å². The van der Waals surface area contributed by atoms with Crippen molar-refractivity contribution >= 4 is 17.7 Å². The summed E-state index contributed by atoms with van der Waals surface area (Å²) >= 11 is 1.44. The molecule has 0 fully saturated rings. The van der Waals surface area contributed by atoms with Gasteiger partial charge in [-0.1, -0.05) is 23.9 Å². The van der Waals surface area contributed by atoms with Gasteiger partial charge in [0.1, 0.15) is 0 Å². The molecule has 23 heavy (non-hydrogen) atoms. The van der Waals surface area contributed by atoms with Crippen LogP contribution in [-0.2, 0) is 11.3 Å². The van der Waals surface area contributed by atoms with Gasteiger partial charge in [0.2, 0.25) is 0 Å². The van der Waals surface area contributed by atoms with Crippen LogP contribution in [0.4, 0.5) is 0 Å². The summed E-state index contributed by atoms with van der Waals surface area (Å²) in [5.41, 5.74) is 2.06. The highest BCUT2D eigenvalue weighted by molar-refractivity contribution is 7.98. The maximum absolute atomic E-state index is 12.2. The van der Waals surface area contributed by atoms with Gasteiger partial charge in [0.25, 0.3) is 5.56 Å². The molecule has 1 aromatic carbocycles.